The average molecular weight is 428 g/mol. The number of benzene rings is 3. The SMILES string of the molecule is O=C(c1cccc(Oc2ccc(F)cc2)c1)N1CCC(Oc2cccc3cccnc23)C1. The van der Waals surface area contributed by atoms with E-state index in [0.717, 1.165) is 23.1 Å². The number of hydrogen-bond acceptors (Lipinski definition) is 4. The van der Waals surface area contributed by atoms with Gasteiger partial charge in [-0.1, -0.05) is 24.3 Å². The molecule has 4 aromatic rings. The molecule has 1 amide bonds. The summed E-state index contributed by atoms with van der Waals surface area (Å²) in [7, 11) is 0. The molecule has 6 heteroatoms. The molecule has 0 spiro atoms. The molecule has 1 aliphatic rings. The second-order valence-corrected chi connectivity index (χ2v) is 7.69. The maximum atomic E-state index is 13.1. The summed E-state index contributed by atoms with van der Waals surface area (Å²) in [4.78, 5) is 19.3. The van der Waals surface area contributed by atoms with E-state index in [2.05, 4.69) is 4.98 Å². The highest BCUT2D eigenvalue weighted by Gasteiger charge is 2.29. The highest BCUT2D eigenvalue weighted by molar-refractivity contribution is 5.94. The molecule has 0 aliphatic carbocycles. The highest BCUT2D eigenvalue weighted by atomic mass is 19.1. The monoisotopic (exact) mass is 428 g/mol. The molecule has 5 rings (SSSR count). The molecule has 1 unspecified atom stereocenters. The number of ether oxygens (including phenoxy) is 2. The molecule has 1 atom stereocenters. The Hall–Kier alpha value is -3.93. The summed E-state index contributed by atoms with van der Waals surface area (Å²) in [6.07, 6.45) is 2.41. The van der Waals surface area contributed by atoms with E-state index in [-0.39, 0.29) is 17.8 Å². The minimum Gasteiger partial charge on any atom is -0.486 e. The summed E-state index contributed by atoms with van der Waals surface area (Å²) in [5.41, 5.74) is 1.36. The molecule has 1 fully saturated rings. The van der Waals surface area contributed by atoms with Crippen molar-refractivity contribution in [3.8, 4) is 17.2 Å². The van der Waals surface area contributed by atoms with Crippen molar-refractivity contribution < 1.29 is 18.7 Å². The lowest BCUT2D eigenvalue weighted by molar-refractivity contribution is 0.0772. The van der Waals surface area contributed by atoms with Crippen LogP contribution in [0.1, 0.15) is 16.8 Å². The Bertz CT molecular complexity index is 1250. The third kappa shape index (κ3) is 4.25. The van der Waals surface area contributed by atoms with Crippen molar-refractivity contribution in [2.75, 3.05) is 13.1 Å². The average Bonchev–Trinajstić information content (AvgIpc) is 3.29. The van der Waals surface area contributed by atoms with E-state index in [1.54, 1.807) is 47.5 Å². The topological polar surface area (TPSA) is 51.7 Å². The van der Waals surface area contributed by atoms with Crippen LogP contribution in [0.3, 0.4) is 0 Å². The second kappa shape index (κ2) is 8.67. The molecular formula is C26H21FN2O3. The predicted octanol–water partition coefficient (Wildman–Crippen LogP) is 5.46. The van der Waals surface area contributed by atoms with Crippen molar-refractivity contribution in [1.29, 1.82) is 0 Å². The quantitative estimate of drug-likeness (QED) is 0.424. The molecule has 2 heterocycles. The van der Waals surface area contributed by atoms with Crippen LogP contribution in [0.15, 0.2) is 85.1 Å². The first kappa shape index (κ1) is 20.0. The normalized spacial score (nSPS) is 15.7. The highest BCUT2D eigenvalue weighted by Crippen LogP contribution is 2.27. The Labute approximate surface area is 185 Å². The molecule has 0 N–H and O–H groups in total. The van der Waals surface area contributed by atoms with E-state index in [1.807, 2.05) is 30.3 Å². The van der Waals surface area contributed by atoms with Gasteiger partial charge in [-0.15, -0.1) is 0 Å². The number of carbonyl (C=O) groups excluding carboxylic acids is 1. The van der Waals surface area contributed by atoms with Gasteiger partial charge in [0.1, 0.15) is 34.7 Å². The van der Waals surface area contributed by atoms with Gasteiger partial charge < -0.3 is 14.4 Å². The number of amides is 1. The molecule has 5 nitrogen and oxygen atoms in total. The molecular weight excluding hydrogens is 407 g/mol. The zero-order valence-electron chi connectivity index (χ0n) is 17.3. The third-order valence-electron chi connectivity index (χ3n) is 5.45. The van der Waals surface area contributed by atoms with Gasteiger partial charge in [0.15, 0.2) is 0 Å². The zero-order chi connectivity index (χ0) is 21.9. The number of rotatable bonds is 5. The Morgan fingerprint density at radius 2 is 1.78 bits per heavy atom. The summed E-state index contributed by atoms with van der Waals surface area (Å²) in [6.45, 7) is 1.12. The second-order valence-electron chi connectivity index (χ2n) is 7.69. The van der Waals surface area contributed by atoms with Crippen LogP contribution in [-0.2, 0) is 0 Å². The van der Waals surface area contributed by atoms with Crippen LogP contribution >= 0.6 is 0 Å². The first-order valence-corrected chi connectivity index (χ1v) is 10.5. The van der Waals surface area contributed by atoms with Crippen LogP contribution < -0.4 is 9.47 Å². The van der Waals surface area contributed by atoms with Gasteiger partial charge in [0, 0.05) is 30.1 Å². The summed E-state index contributed by atoms with van der Waals surface area (Å²) in [6, 6.07) is 22.5. The standard InChI is InChI=1S/C26H21FN2O3/c27-20-9-11-21(12-10-20)31-22-7-1-5-19(16-22)26(30)29-15-13-23(17-29)32-24-8-2-4-18-6-3-14-28-25(18)24/h1-12,14,16,23H,13,15,17H2. The maximum absolute atomic E-state index is 13.1. The van der Waals surface area contributed by atoms with Gasteiger partial charge in [0.2, 0.25) is 0 Å². The van der Waals surface area contributed by atoms with E-state index in [0.29, 0.717) is 30.2 Å². The molecule has 0 radical (unpaired) electrons. The first-order valence-electron chi connectivity index (χ1n) is 10.5. The molecule has 0 bridgehead atoms. The van der Waals surface area contributed by atoms with Gasteiger partial charge in [0.25, 0.3) is 5.91 Å². The van der Waals surface area contributed by atoms with Crippen molar-refractivity contribution in [3.05, 3.63) is 96.4 Å². The van der Waals surface area contributed by atoms with Crippen molar-refractivity contribution in [2.45, 2.75) is 12.5 Å². The van der Waals surface area contributed by atoms with Crippen LogP contribution in [0.2, 0.25) is 0 Å². The Kier molecular flexibility index (Phi) is 5.42. The van der Waals surface area contributed by atoms with E-state index < -0.39 is 0 Å². The number of fused-ring (bicyclic) bond motifs is 1. The lowest BCUT2D eigenvalue weighted by Crippen LogP contribution is -2.30. The summed E-state index contributed by atoms with van der Waals surface area (Å²) in [5.74, 6) is 1.37. The predicted molar refractivity (Wildman–Crippen MR) is 120 cm³/mol. The van der Waals surface area contributed by atoms with Gasteiger partial charge in [0.05, 0.1) is 6.54 Å². The number of carbonyl (C=O) groups is 1. The fourth-order valence-electron chi connectivity index (χ4n) is 3.87. The smallest absolute Gasteiger partial charge is 0.254 e. The number of halogens is 1. The number of pyridine rings is 1. The van der Waals surface area contributed by atoms with Gasteiger partial charge in [-0.3, -0.25) is 9.78 Å². The van der Waals surface area contributed by atoms with E-state index >= 15 is 0 Å². The van der Waals surface area contributed by atoms with Gasteiger partial charge in [-0.2, -0.15) is 0 Å². The lowest BCUT2D eigenvalue weighted by atomic mass is 10.2. The van der Waals surface area contributed by atoms with Crippen LogP contribution in [0.4, 0.5) is 4.39 Å². The summed E-state index contributed by atoms with van der Waals surface area (Å²) in [5, 5.41) is 1.02. The van der Waals surface area contributed by atoms with Crippen LogP contribution in [0.25, 0.3) is 10.9 Å². The van der Waals surface area contributed by atoms with E-state index in [1.165, 1.54) is 12.1 Å². The Balaban J connectivity index is 1.26. The van der Waals surface area contributed by atoms with Gasteiger partial charge in [-0.25, -0.2) is 4.39 Å². The van der Waals surface area contributed by atoms with Crippen molar-refractivity contribution >= 4 is 16.8 Å². The van der Waals surface area contributed by atoms with Crippen LogP contribution in [0.5, 0.6) is 17.2 Å². The fraction of sp³-hybridized carbons (Fsp3) is 0.154. The van der Waals surface area contributed by atoms with Gasteiger partial charge in [-0.05, 0) is 54.6 Å². The minimum atomic E-state index is -0.327. The minimum absolute atomic E-state index is 0.0725. The molecule has 3 aromatic carbocycles. The third-order valence-corrected chi connectivity index (χ3v) is 5.45. The zero-order valence-corrected chi connectivity index (χ0v) is 17.3. The number of para-hydroxylation sites is 1. The largest absolute Gasteiger partial charge is 0.486 e. The van der Waals surface area contributed by atoms with Crippen molar-refractivity contribution in [2.24, 2.45) is 0 Å². The van der Waals surface area contributed by atoms with Gasteiger partial charge >= 0.3 is 0 Å². The van der Waals surface area contributed by atoms with Crippen LogP contribution in [0, 0.1) is 5.82 Å². The molecule has 1 saturated heterocycles. The molecule has 0 saturated carbocycles. The van der Waals surface area contributed by atoms with Crippen LogP contribution in [-0.4, -0.2) is 35.0 Å². The summed E-state index contributed by atoms with van der Waals surface area (Å²) >= 11 is 0. The number of aromatic nitrogens is 1. The van der Waals surface area contributed by atoms with Crippen molar-refractivity contribution in [3.63, 3.8) is 0 Å². The van der Waals surface area contributed by atoms with Crippen molar-refractivity contribution in [1.82, 2.24) is 9.88 Å². The molecule has 1 aromatic heterocycles. The first-order chi connectivity index (χ1) is 15.7. The lowest BCUT2D eigenvalue weighted by Gasteiger charge is -2.18. The number of likely N-dealkylation sites (tertiary alicyclic amines) is 1. The molecule has 32 heavy (non-hydrogen) atoms. The van der Waals surface area contributed by atoms with E-state index in [4.69, 9.17) is 9.47 Å². The number of nitrogens with zero attached hydrogens (tertiary/aromatic N) is 2. The Morgan fingerprint density at radius 1 is 0.969 bits per heavy atom. The fourth-order valence-corrected chi connectivity index (χ4v) is 3.87. The summed E-state index contributed by atoms with van der Waals surface area (Å²) < 4.78 is 25.1. The number of hydrogen-bond donors (Lipinski definition) is 0. The molecule has 160 valence electrons. The molecule has 1 aliphatic heterocycles. The maximum Gasteiger partial charge on any atom is 0.254 e. The Morgan fingerprint density at radius 3 is 2.66 bits per heavy atom. The van der Waals surface area contributed by atoms with E-state index in [9.17, 15) is 9.18 Å².